The van der Waals surface area contributed by atoms with Crippen LogP contribution in [-0.2, 0) is 4.79 Å². The van der Waals surface area contributed by atoms with E-state index in [9.17, 15) is 4.79 Å². The van der Waals surface area contributed by atoms with E-state index in [0.717, 1.165) is 11.0 Å². The Bertz CT molecular complexity index is 116. The number of rotatable bonds is 2. The van der Waals surface area contributed by atoms with E-state index in [1.807, 2.05) is 0 Å². The number of ketones is 1. The number of carbonyl (C=O) groups is 1. The molecular weight excluding hydrogens is 102 g/mol. The van der Waals surface area contributed by atoms with Gasteiger partial charge in [-0.2, -0.15) is 0 Å². The van der Waals surface area contributed by atoms with Crippen molar-refractivity contribution in [2.75, 3.05) is 26.7 Å². The van der Waals surface area contributed by atoms with Crippen molar-refractivity contribution in [2.45, 2.75) is 6.92 Å². The third-order valence-corrected chi connectivity index (χ3v) is 1.59. The standard InChI is InChI=1S/C6H12NO/c1-6(8)5-7(2)3-4-7/h3-5H2,1-2H3/q+1. The van der Waals surface area contributed by atoms with Crippen LogP contribution in [0.4, 0.5) is 0 Å². The van der Waals surface area contributed by atoms with E-state index in [2.05, 4.69) is 7.05 Å². The van der Waals surface area contributed by atoms with Gasteiger partial charge in [0.25, 0.3) is 0 Å². The first kappa shape index (κ1) is 5.76. The summed E-state index contributed by atoms with van der Waals surface area (Å²) in [4.78, 5) is 10.5. The number of hydrogen-bond acceptors (Lipinski definition) is 1. The molecule has 2 heteroatoms. The van der Waals surface area contributed by atoms with Crippen molar-refractivity contribution >= 4 is 5.78 Å². The van der Waals surface area contributed by atoms with Gasteiger partial charge in [0, 0.05) is 6.92 Å². The van der Waals surface area contributed by atoms with Crippen molar-refractivity contribution in [1.82, 2.24) is 0 Å². The summed E-state index contributed by atoms with van der Waals surface area (Å²) < 4.78 is 0.981. The molecule has 0 spiro atoms. The van der Waals surface area contributed by atoms with Crippen molar-refractivity contribution in [2.24, 2.45) is 0 Å². The number of Topliss-reactive ketones (excluding diaryl/α,β-unsaturated/α-hetero) is 1. The molecule has 1 aliphatic rings. The number of hydrogen-bond donors (Lipinski definition) is 0. The van der Waals surface area contributed by atoms with Crippen LogP contribution >= 0.6 is 0 Å². The Morgan fingerprint density at radius 1 is 1.62 bits per heavy atom. The Morgan fingerprint density at radius 3 is 2.25 bits per heavy atom. The van der Waals surface area contributed by atoms with Crippen LogP contribution in [0.1, 0.15) is 6.92 Å². The summed E-state index contributed by atoms with van der Waals surface area (Å²) in [5, 5.41) is 0. The van der Waals surface area contributed by atoms with Crippen molar-refractivity contribution < 1.29 is 9.28 Å². The van der Waals surface area contributed by atoms with Gasteiger partial charge in [0.05, 0.1) is 7.05 Å². The van der Waals surface area contributed by atoms with Crippen LogP contribution in [0, 0.1) is 0 Å². The summed E-state index contributed by atoms with van der Waals surface area (Å²) in [5.74, 6) is 0.310. The third kappa shape index (κ3) is 1.30. The van der Waals surface area contributed by atoms with Gasteiger partial charge in [-0.15, -0.1) is 0 Å². The molecule has 0 saturated carbocycles. The minimum absolute atomic E-state index is 0.310. The van der Waals surface area contributed by atoms with Crippen LogP contribution in [0.15, 0.2) is 0 Å². The van der Waals surface area contributed by atoms with Gasteiger partial charge in [0.15, 0.2) is 5.78 Å². The van der Waals surface area contributed by atoms with Crippen LogP contribution in [0.3, 0.4) is 0 Å². The maximum Gasteiger partial charge on any atom is 0.183 e. The summed E-state index contributed by atoms with van der Waals surface area (Å²) in [6.07, 6.45) is 0. The van der Waals surface area contributed by atoms with E-state index in [1.54, 1.807) is 6.92 Å². The molecule has 0 amide bonds. The van der Waals surface area contributed by atoms with Crippen LogP contribution in [0.5, 0.6) is 0 Å². The smallest absolute Gasteiger partial charge is 0.183 e. The molecule has 0 aromatic carbocycles. The summed E-state index contributed by atoms with van der Waals surface area (Å²) in [6, 6.07) is 0. The van der Waals surface area contributed by atoms with Crippen LogP contribution in [0.25, 0.3) is 0 Å². The normalized spacial score (nSPS) is 22.8. The lowest BCUT2D eigenvalue weighted by atomic mass is 10.4. The van der Waals surface area contributed by atoms with Crippen molar-refractivity contribution in [3.8, 4) is 0 Å². The number of nitrogens with zero attached hydrogens (tertiary/aromatic N) is 1. The van der Waals surface area contributed by atoms with Gasteiger partial charge >= 0.3 is 0 Å². The van der Waals surface area contributed by atoms with E-state index in [1.165, 1.54) is 13.1 Å². The third-order valence-electron chi connectivity index (χ3n) is 1.59. The van der Waals surface area contributed by atoms with E-state index in [4.69, 9.17) is 0 Å². The first-order valence-electron chi connectivity index (χ1n) is 2.95. The Balaban J connectivity index is 2.29. The van der Waals surface area contributed by atoms with E-state index < -0.39 is 0 Å². The van der Waals surface area contributed by atoms with Crippen molar-refractivity contribution in [1.29, 1.82) is 0 Å². The highest BCUT2D eigenvalue weighted by Gasteiger charge is 2.37. The number of quaternary nitrogens is 1. The summed E-state index contributed by atoms with van der Waals surface area (Å²) in [6.45, 7) is 4.78. The molecule has 0 aromatic rings. The molecule has 46 valence electrons. The highest BCUT2D eigenvalue weighted by molar-refractivity contribution is 5.76. The Kier molecular flexibility index (Phi) is 1.12. The topological polar surface area (TPSA) is 17.1 Å². The molecule has 8 heavy (non-hydrogen) atoms. The monoisotopic (exact) mass is 114 g/mol. The molecule has 0 atom stereocenters. The molecule has 0 bridgehead atoms. The minimum atomic E-state index is 0.310. The Morgan fingerprint density at radius 2 is 2.12 bits per heavy atom. The molecule has 1 rings (SSSR count). The van der Waals surface area contributed by atoms with Gasteiger partial charge in [0.2, 0.25) is 0 Å². The zero-order chi connectivity index (χ0) is 6.20. The van der Waals surface area contributed by atoms with Gasteiger partial charge in [0.1, 0.15) is 19.6 Å². The fourth-order valence-corrected chi connectivity index (χ4v) is 0.866. The van der Waals surface area contributed by atoms with Gasteiger partial charge in [-0.1, -0.05) is 0 Å². The molecule has 1 heterocycles. The molecule has 0 aliphatic carbocycles. The zero-order valence-electron chi connectivity index (χ0n) is 5.48. The van der Waals surface area contributed by atoms with Gasteiger partial charge in [-0.25, -0.2) is 0 Å². The predicted octanol–water partition coefficient (Wildman–Crippen LogP) is 0.0356. The first-order valence-corrected chi connectivity index (χ1v) is 2.95. The quantitative estimate of drug-likeness (QED) is 0.366. The van der Waals surface area contributed by atoms with E-state index in [-0.39, 0.29) is 0 Å². The predicted molar refractivity (Wildman–Crippen MR) is 31.5 cm³/mol. The minimum Gasteiger partial charge on any atom is -0.311 e. The maximum atomic E-state index is 10.5. The lowest BCUT2D eigenvalue weighted by Gasteiger charge is -2.06. The largest absolute Gasteiger partial charge is 0.311 e. The fourth-order valence-electron chi connectivity index (χ4n) is 0.866. The van der Waals surface area contributed by atoms with Crippen LogP contribution in [0.2, 0.25) is 0 Å². The molecule has 1 fully saturated rings. The summed E-state index contributed by atoms with van der Waals surface area (Å²) >= 11 is 0. The second-order valence-electron chi connectivity index (χ2n) is 2.93. The Hall–Kier alpha value is -0.370. The molecule has 0 unspecified atom stereocenters. The molecule has 1 aliphatic heterocycles. The average molecular weight is 114 g/mol. The molecule has 1 saturated heterocycles. The highest BCUT2D eigenvalue weighted by Crippen LogP contribution is 2.14. The second kappa shape index (κ2) is 1.55. The van der Waals surface area contributed by atoms with Crippen molar-refractivity contribution in [3.05, 3.63) is 0 Å². The number of carbonyl (C=O) groups excluding carboxylic acids is 1. The van der Waals surface area contributed by atoms with Gasteiger partial charge in [-0.3, -0.25) is 4.79 Å². The summed E-state index contributed by atoms with van der Waals surface area (Å²) in [7, 11) is 2.11. The summed E-state index contributed by atoms with van der Waals surface area (Å²) in [5.41, 5.74) is 0. The lowest BCUT2D eigenvalue weighted by molar-refractivity contribution is -0.767. The zero-order valence-corrected chi connectivity index (χ0v) is 5.48. The first-order chi connectivity index (χ1) is 3.62. The molecule has 0 N–H and O–H groups in total. The van der Waals surface area contributed by atoms with Gasteiger partial charge < -0.3 is 4.48 Å². The second-order valence-corrected chi connectivity index (χ2v) is 2.93. The molecular formula is C6H12NO+. The SMILES string of the molecule is CC(=O)C[N+]1(C)CC1. The van der Waals surface area contributed by atoms with Crippen molar-refractivity contribution in [3.63, 3.8) is 0 Å². The van der Waals surface area contributed by atoms with E-state index >= 15 is 0 Å². The van der Waals surface area contributed by atoms with Crippen LogP contribution < -0.4 is 0 Å². The number of likely N-dealkylation sites (N-methyl/N-ethyl adjacent to an activating group) is 1. The molecule has 0 radical (unpaired) electrons. The average Bonchev–Trinajstić information content (AvgIpc) is 2.17. The fraction of sp³-hybridized carbons (Fsp3) is 0.833. The maximum absolute atomic E-state index is 10.5. The molecule has 0 aromatic heterocycles. The highest BCUT2D eigenvalue weighted by atomic mass is 16.1. The molecule has 2 nitrogen and oxygen atoms in total. The van der Waals surface area contributed by atoms with Gasteiger partial charge in [-0.05, 0) is 0 Å². The Labute approximate surface area is 49.7 Å². The lowest BCUT2D eigenvalue weighted by Crippen LogP contribution is -2.25. The van der Waals surface area contributed by atoms with E-state index in [0.29, 0.717) is 5.78 Å². The van der Waals surface area contributed by atoms with Crippen LogP contribution in [-0.4, -0.2) is 36.9 Å².